The molecule has 1 aliphatic rings. The molecule has 1 fully saturated rings. The Hall–Kier alpha value is 0.350. The number of thiol groups is 1. The molecule has 0 amide bonds. The van der Waals surface area contributed by atoms with E-state index in [0.29, 0.717) is 5.25 Å². The molecule has 0 spiro atoms. The summed E-state index contributed by atoms with van der Waals surface area (Å²) in [7, 11) is 0. The van der Waals surface area contributed by atoms with Gasteiger partial charge >= 0.3 is 0 Å². The van der Waals surface area contributed by atoms with E-state index in [-0.39, 0.29) is 0 Å². The highest BCUT2D eigenvalue weighted by molar-refractivity contribution is 7.81. The van der Waals surface area contributed by atoms with Crippen LogP contribution in [0.25, 0.3) is 0 Å². The minimum Gasteiger partial charge on any atom is -0.175 e. The summed E-state index contributed by atoms with van der Waals surface area (Å²) in [5.41, 5.74) is 0. The van der Waals surface area contributed by atoms with Crippen molar-refractivity contribution in [2.45, 2.75) is 38.9 Å². The highest BCUT2D eigenvalue weighted by Gasteiger charge is 2.29. The van der Waals surface area contributed by atoms with E-state index in [4.69, 9.17) is 0 Å². The zero-order chi connectivity index (χ0) is 7.72. The summed E-state index contributed by atoms with van der Waals surface area (Å²) in [6.07, 6.45) is 2.78. The molecule has 1 aliphatic carbocycles. The third-order valence-electron chi connectivity index (χ3n) is 3.10. The fourth-order valence-corrected chi connectivity index (χ4v) is 2.26. The molecule has 0 aromatic rings. The van der Waals surface area contributed by atoms with E-state index in [1.54, 1.807) is 0 Å². The Bertz CT molecular complexity index is 97.3. The van der Waals surface area contributed by atoms with E-state index in [0.717, 1.165) is 17.8 Å². The van der Waals surface area contributed by atoms with Crippen LogP contribution in [0.4, 0.5) is 0 Å². The average Bonchev–Trinajstić information content (AvgIpc) is 1.93. The van der Waals surface area contributed by atoms with E-state index >= 15 is 0 Å². The zero-order valence-corrected chi connectivity index (χ0v) is 8.07. The summed E-state index contributed by atoms with van der Waals surface area (Å²) in [5, 5.41) is 0.642. The Labute approximate surface area is 69.8 Å². The van der Waals surface area contributed by atoms with Crippen LogP contribution in [0.15, 0.2) is 0 Å². The van der Waals surface area contributed by atoms with Crippen molar-refractivity contribution in [2.75, 3.05) is 0 Å². The van der Waals surface area contributed by atoms with Gasteiger partial charge in [-0.2, -0.15) is 12.6 Å². The molecule has 0 heterocycles. The largest absolute Gasteiger partial charge is 0.175 e. The van der Waals surface area contributed by atoms with Crippen LogP contribution in [-0.2, 0) is 0 Å². The maximum absolute atomic E-state index is 4.61. The average molecular weight is 158 g/mol. The van der Waals surface area contributed by atoms with Gasteiger partial charge in [0.15, 0.2) is 0 Å². The second kappa shape index (κ2) is 3.17. The standard InChI is InChI=1S/C9H18S/c1-6-4-5-7(2)9(10)8(6)3/h6-10H,4-5H2,1-3H3. The second-order valence-electron chi connectivity index (χ2n) is 3.88. The molecular formula is C9H18S. The van der Waals surface area contributed by atoms with Crippen molar-refractivity contribution in [2.24, 2.45) is 17.8 Å². The zero-order valence-electron chi connectivity index (χ0n) is 7.17. The van der Waals surface area contributed by atoms with Gasteiger partial charge in [0, 0.05) is 5.25 Å². The fraction of sp³-hybridized carbons (Fsp3) is 1.00. The molecule has 4 atom stereocenters. The van der Waals surface area contributed by atoms with Crippen LogP contribution in [0.2, 0.25) is 0 Å². The van der Waals surface area contributed by atoms with Crippen molar-refractivity contribution in [3.8, 4) is 0 Å². The van der Waals surface area contributed by atoms with Gasteiger partial charge < -0.3 is 0 Å². The van der Waals surface area contributed by atoms with Crippen molar-refractivity contribution in [1.29, 1.82) is 0 Å². The van der Waals surface area contributed by atoms with Gasteiger partial charge in [0.1, 0.15) is 0 Å². The molecule has 0 saturated heterocycles. The molecule has 0 aliphatic heterocycles. The SMILES string of the molecule is CC1CCC(C)C(S)C1C. The summed E-state index contributed by atoms with van der Waals surface area (Å²) in [5.74, 6) is 2.53. The van der Waals surface area contributed by atoms with Crippen LogP contribution >= 0.6 is 12.6 Å². The van der Waals surface area contributed by atoms with E-state index < -0.39 is 0 Å². The van der Waals surface area contributed by atoms with Crippen LogP contribution in [-0.4, -0.2) is 5.25 Å². The van der Waals surface area contributed by atoms with Gasteiger partial charge in [-0.3, -0.25) is 0 Å². The number of hydrogen-bond donors (Lipinski definition) is 1. The molecule has 1 rings (SSSR count). The lowest BCUT2D eigenvalue weighted by Gasteiger charge is -2.35. The predicted octanol–water partition coefficient (Wildman–Crippen LogP) is 2.99. The monoisotopic (exact) mass is 158 g/mol. The van der Waals surface area contributed by atoms with Crippen molar-refractivity contribution >= 4 is 12.6 Å². The van der Waals surface area contributed by atoms with E-state index in [1.807, 2.05) is 0 Å². The third kappa shape index (κ3) is 1.50. The van der Waals surface area contributed by atoms with Gasteiger partial charge in [-0.25, -0.2) is 0 Å². The molecule has 0 nitrogen and oxygen atoms in total. The predicted molar refractivity (Wildman–Crippen MR) is 49.5 cm³/mol. The number of rotatable bonds is 0. The topological polar surface area (TPSA) is 0 Å². The van der Waals surface area contributed by atoms with Gasteiger partial charge in [-0.05, 0) is 24.2 Å². The highest BCUT2D eigenvalue weighted by atomic mass is 32.1. The van der Waals surface area contributed by atoms with Crippen LogP contribution < -0.4 is 0 Å². The van der Waals surface area contributed by atoms with Crippen LogP contribution in [0.5, 0.6) is 0 Å². The van der Waals surface area contributed by atoms with E-state index in [9.17, 15) is 0 Å². The van der Waals surface area contributed by atoms with E-state index in [2.05, 4.69) is 33.4 Å². The van der Waals surface area contributed by atoms with Gasteiger partial charge in [-0.15, -0.1) is 0 Å². The highest BCUT2D eigenvalue weighted by Crippen LogP contribution is 2.36. The third-order valence-corrected chi connectivity index (χ3v) is 4.08. The smallest absolute Gasteiger partial charge is 0.00706 e. The first-order valence-electron chi connectivity index (χ1n) is 4.31. The first-order chi connectivity index (χ1) is 4.63. The molecular weight excluding hydrogens is 140 g/mol. The summed E-state index contributed by atoms with van der Waals surface area (Å²) in [6, 6.07) is 0. The molecule has 10 heavy (non-hydrogen) atoms. The van der Waals surface area contributed by atoms with Crippen molar-refractivity contribution in [3.63, 3.8) is 0 Å². The minimum absolute atomic E-state index is 0.642. The Kier molecular flexibility index (Phi) is 2.67. The van der Waals surface area contributed by atoms with E-state index in [1.165, 1.54) is 12.8 Å². The fourth-order valence-electron chi connectivity index (χ4n) is 1.81. The molecule has 4 unspecified atom stereocenters. The van der Waals surface area contributed by atoms with Crippen LogP contribution in [0.1, 0.15) is 33.6 Å². The maximum atomic E-state index is 4.61. The molecule has 0 aromatic carbocycles. The quantitative estimate of drug-likeness (QED) is 0.515. The second-order valence-corrected chi connectivity index (χ2v) is 4.48. The van der Waals surface area contributed by atoms with Gasteiger partial charge in [0.05, 0.1) is 0 Å². The summed E-state index contributed by atoms with van der Waals surface area (Å²) >= 11 is 4.61. The Balaban J connectivity index is 2.52. The summed E-state index contributed by atoms with van der Waals surface area (Å²) in [4.78, 5) is 0. The molecule has 1 heteroatoms. The maximum Gasteiger partial charge on any atom is 0.00706 e. The molecule has 0 N–H and O–H groups in total. The minimum atomic E-state index is 0.642. The Morgan fingerprint density at radius 1 is 1.00 bits per heavy atom. The van der Waals surface area contributed by atoms with Crippen molar-refractivity contribution in [3.05, 3.63) is 0 Å². The molecule has 60 valence electrons. The van der Waals surface area contributed by atoms with Gasteiger partial charge in [-0.1, -0.05) is 27.2 Å². The summed E-state index contributed by atoms with van der Waals surface area (Å²) < 4.78 is 0. The normalized spacial score (nSPS) is 49.2. The van der Waals surface area contributed by atoms with Crippen molar-refractivity contribution in [1.82, 2.24) is 0 Å². The van der Waals surface area contributed by atoms with Gasteiger partial charge in [0.2, 0.25) is 0 Å². The first-order valence-corrected chi connectivity index (χ1v) is 4.82. The molecule has 0 aromatic heterocycles. The van der Waals surface area contributed by atoms with Gasteiger partial charge in [0.25, 0.3) is 0 Å². The van der Waals surface area contributed by atoms with Crippen LogP contribution in [0.3, 0.4) is 0 Å². The first kappa shape index (κ1) is 8.45. The Morgan fingerprint density at radius 2 is 1.50 bits per heavy atom. The number of hydrogen-bond acceptors (Lipinski definition) is 1. The molecule has 1 saturated carbocycles. The summed E-state index contributed by atoms with van der Waals surface area (Å²) in [6.45, 7) is 7.00. The lowest BCUT2D eigenvalue weighted by molar-refractivity contribution is 0.232. The van der Waals surface area contributed by atoms with Crippen LogP contribution in [0, 0.1) is 17.8 Å². The molecule has 0 bridgehead atoms. The lowest BCUT2D eigenvalue weighted by Crippen LogP contribution is -2.30. The van der Waals surface area contributed by atoms with Crippen molar-refractivity contribution < 1.29 is 0 Å². The molecule has 0 radical (unpaired) electrons. The lowest BCUT2D eigenvalue weighted by atomic mass is 9.76. The Morgan fingerprint density at radius 3 is 2.00 bits per heavy atom.